The van der Waals surface area contributed by atoms with Gasteiger partial charge in [0.05, 0.1) is 0 Å². The molecule has 2 rings (SSSR count). The average Bonchev–Trinajstić information content (AvgIpc) is 2.39. The molecule has 0 bridgehead atoms. The summed E-state index contributed by atoms with van der Waals surface area (Å²) in [5, 5.41) is 0. The van der Waals surface area contributed by atoms with Crippen LogP contribution in [-0.4, -0.2) is 11.4 Å². The topological polar surface area (TPSA) is 29.3 Å². The van der Waals surface area contributed by atoms with Crippen molar-refractivity contribution in [3.63, 3.8) is 0 Å². The Morgan fingerprint density at radius 3 is 2.25 bits per heavy atom. The molecule has 20 heavy (non-hydrogen) atoms. The summed E-state index contributed by atoms with van der Waals surface area (Å²) in [6, 6.07) is 16.7. The quantitative estimate of drug-likeness (QED) is 0.792. The zero-order valence-electron chi connectivity index (χ0n) is 11.8. The van der Waals surface area contributed by atoms with Crippen LogP contribution in [-0.2, 0) is 13.1 Å². The number of nitrogen functional groups attached to an aromatic ring is 1. The zero-order chi connectivity index (χ0) is 14.4. The van der Waals surface area contributed by atoms with Gasteiger partial charge >= 0.3 is 0 Å². The molecule has 0 radical (unpaired) electrons. The first-order chi connectivity index (χ1) is 9.67. The summed E-state index contributed by atoms with van der Waals surface area (Å²) in [5.74, 6) is 0. The first kappa shape index (κ1) is 15.1. The molecule has 2 aromatic rings. The molecule has 0 unspecified atom stereocenters. The number of rotatable bonds is 6. The molecular formula is C17H21BrN2. The molecule has 2 nitrogen and oxygen atoms in total. The Bertz CT molecular complexity index is 507. The van der Waals surface area contributed by atoms with E-state index in [1.54, 1.807) is 0 Å². The second-order valence-electron chi connectivity index (χ2n) is 5.09. The Kier molecular flexibility index (Phi) is 5.62. The van der Waals surface area contributed by atoms with Crippen LogP contribution in [0.5, 0.6) is 0 Å². The summed E-state index contributed by atoms with van der Waals surface area (Å²) in [6.07, 6.45) is 1.15. The minimum absolute atomic E-state index is 0.835. The van der Waals surface area contributed by atoms with Gasteiger partial charge in [-0.05, 0) is 48.4 Å². The van der Waals surface area contributed by atoms with Crippen molar-refractivity contribution in [1.82, 2.24) is 4.90 Å². The highest BCUT2D eigenvalue weighted by Gasteiger charge is 2.07. The summed E-state index contributed by atoms with van der Waals surface area (Å²) in [6.45, 7) is 5.20. The maximum absolute atomic E-state index is 5.86. The zero-order valence-corrected chi connectivity index (χ0v) is 13.4. The highest BCUT2D eigenvalue weighted by atomic mass is 79.9. The molecule has 0 atom stereocenters. The van der Waals surface area contributed by atoms with Gasteiger partial charge in [0.15, 0.2) is 0 Å². The molecule has 0 amide bonds. The van der Waals surface area contributed by atoms with E-state index in [4.69, 9.17) is 5.73 Å². The van der Waals surface area contributed by atoms with Crippen molar-refractivity contribution in [1.29, 1.82) is 0 Å². The Morgan fingerprint density at radius 2 is 1.65 bits per heavy atom. The van der Waals surface area contributed by atoms with Crippen LogP contribution in [0.15, 0.2) is 53.0 Å². The van der Waals surface area contributed by atoms with Crippen molar-refractivity contribution in [2.75, 3.05) is 12.3 Å². The van der Waals surface area contributed by atoms with Gasteiger partial charge in [-0.3, -0.25) is 4.90 Å². The standard InChI is InChI=1S/C17H21BrN2/c1-2-9-20(12-14-5-3-7-16(18)10-14)13-15-6-4-8-17(19)11-15/h3-8,10-11H,2,9,12-13,19H2,1H3. The minimum atomic E-state index is 0.835. The number of hydrogen-bond acceptors (Lipinski definition) is 2. The fraction of sp³-hybridized carbons (Fsp3) is 0.294. The molecule has 0 saturated carbocycles. The molecule has 0 spiro atoms. The van der Waals surface area contributed by atoms with E-state index in [0.717, 1.165) is 36.2 Å². The number of anilines is 1. The molecule has 0 aliphatic carbocycles. The third-order valence-corrected chi connectivity index (χ3v) is 3.69. The van der Waals surface area contributed by atoms with Gasteiger partial charge in [0.25, 0.3) is 0 Å². The van der Waals surface area contributed by atoms with E-state index in [0.29, 0.717) is 0 Å². The predicted molar refractivity (Wildman–Crippen MR) is 89.4 cm³/mol. The van der Waals surface area contributed by atoms with Gasteiger partial charge in [-0.2, -0.15) is 0 Å². The molecular weight excluding hydrogens is 312 g/mol. The SMILES string of the molecule is CCCN(Cc1cccc(N)c1)Cc1cccc(Br)c1. The number of nitrogens with two attached hydrogens (primary N) is 1. The molecule has 106 valence electrons. The Hall–Kier alpha value is -1.32. The molecule has 0 aliphatic heterocycles. The van der Waals surface area contributed by atoms with Crippen molar-refractivity contribution in [2.45, 2.75) is 26.4 Å². The van der Waals surface area contributed by atoms with Gasteiger partial charge in [0, 0.05) is 23.2 Å². The first-order valence-electron chi connectivity index (χ1n) is 6.98. The summed E-state index contributed by atoms with van der Waals surface area (Å²) in [5.41, 5.74) is 9.29. The summed E-state index contributed by atoms with van der Waals surface area (Å²) < 4.78 is 1.13. The van der Waals surface area contributed by atoms with Gasteiger partial charge in [-0.15, -0.1) is 0 Å². The van der Waals surface area contributed by atoms with Gasteiger partial charge in [-0.1, -0.05) is 47.1 Å². The molecule has 0 heterocycles. The average molecular weight is 333 g/mol. The lowest BCUT2D eigenvalue weighted by Crippen LogP contribution is -2.23. The Labute approximate surface area is 129 Å². The van der Waals surface area contributed by atoms with Crippen LogP contribution < -0.4 is 5.73 Å². The van der Waals surface area contributed by atoms with Crippen LogP contribution in [0.2, 0.25) is 0 Å². The van der Waals surface area contributed by atoms with Crippen LogP contribution in [0, 0.1) is 0 Å². The maximum atomic E-state index is 5.86. The lowest BCUT2D eigenvalue weighted by atomic mass is 10.1. The van der Waals surface area contributed by atoms with E-state index in [2.05, 4.69) is 64.2 Å². The maximum Gasteiger partial charge on any atom is 0.0317 e. The third kappa shape index (κ3) is 4.66. The Morgan fingerprint density at radius 1 is 1.00 bits per heavy atom. The summed E-state index contributed by atoms with van der Waals surface area (Å²) >= 11 is 3.53. The molecule has 3 heteroatoms. The van der Waals surface area contributed by atoms with Crippen molar-refractivity contribution < 1.29 is 0 Å². The van der Waals surface area contributed by atoms with Crippen molar-refractivity contribution >= 4 is 21.6 Å². The number of hydrogen-bond donors (Lipinski definition) is 1. The van der Waals surface area contributed by atoms with Crippen LogP contribution in [0.3, 0.4) is 0 Å². The van der Waals surface area contributed by atoms with E-state index in [1.165, 1.54) is 11.1 Å². The molecule has 2 N–H and O–H groups in total. The molecule has 2 aromatic carbocycles. The van der Waals surface area contributed by atoms with E-state index < -0.39 is 0 Å². The van der Waals surface area contributed by atoms with Gasteiger partial charge in [-0.25, -0.2) is 0 Å². The van der Waals surface area contributed by atoms with Crippen LogP contribution >= 0.6 is 15.9 Å². The predicted octanol–water partition coefficient (Wildman–Crippen LogP) is 4.44. The lowest BCUT2D eigenvalue weighted by Gasteiger charge is -2.22. The number of halogens is 1. The number of benzene rings is 2. The van der Waals surface area contributed by atoms with Gasteiger partial charge in [0.1, 0.15) is 0 Å². The normalized spacial score (nSPS) is 10.9. The van der Waals surface area contributed by atoms with Crippen molar-refractivity contribution in [3.05, 3.63) is 64.1 Å². The van der Waals surface area contributed by atoms with Crippen molar-refractivity contribution in [3.8, 4) is 0 Å². The molecule has 0 saturated heterocycles. The van der Waals surface area contributed by atoms with Crippen molar-refractivity contribution in [2.24, 2.45) is 0 Å². The fourth-order valence-electron chi connectivity index (χ4n) is 2.37. The first-order valence-corrected chi connectivity index (χ1v) is 7.78. The monoisotopic (exact) mass is 332 g/mol. The second kappa shape index (κ2) is 7.46. The summed E-state index contributed by atoms with van der Waals surface area (Å²) in [7, 11) is 0. The molecule has 0 aromatic heterocycles. The van der Waals surface area contributed by atoms with E-state index in [-0.39, 0.29) is 0 Å². The highest BCUT2D eigenvalue weighted by molar-refractivity contribution is 9.10. The second-order valence-corrected chi connectivity index (χ2v) is 6.00. The van der Waals surface area contributed by atoms with E-state index in [1.807, 2.05) is 12.1 Å². The van der Waals surface area contributed by atoms with Gasteiger partial charge in [0.2, 0.25) is 0 Å². The van der Waals surface area contributed by atoms with E-state index >= 15 is 0 Å². The van der Waals surface area contributed by atoms with Crippen LogP contribution in [0.25, 0.3) is 0 Å². The Balaban J connectivity index is 2.07. The third-order valence-electron chi connectivity index (χ3n) is 3.19. The largest absolute Gasteiger partial charge is 0.399 e. The van der Waals surface area contributed by atoms with Gasteiger partial charge < -0.3 is 5.73 Å². The highest BCUT2D eigenvalue weighted by Crippen LogP contribution is 2.16. The van der Waals surface area contributed by atoms with Crippen LogP contribution in [0.4, 0.5) is 5.69 Å². The van der Waals surface area contributed by atoms with Crippen LogP contribution in [0.1, 0.15) is 24.5 Å². The summed E-state index contributed by atoms with van der Waals surface area (Å²) in [4.78, 5) is 2.45. The smallest absolute Gasteiger partial charge is 0.0317 e. The lowest BCUT2D eigenvalue weighted by molar-refractivity contribution is 0.257. The van der Waals surface area contributed by atoms with E-state index in [9.17, 15) is 0 Å². The molecule has 0 fully saturated rings. The fourth-order valence-corrected chi connectivity index (χ4v) is 2.82. The number of nitrogens with zero attached hydrogens (tertiary/aromatic N) is 1. The minimum Gasteiger partial charge on any atom is -0.399 e. The molecule has 0 aliphatic rings.